The van der Waals surface area contributed by atoms with E-state index in [-0.39, 0.29) is 18.4 Å². The highest BCUT2D eigenvalue weighted by Crippen LogP contribution is 2.31. The maximum absolute atomic E-state index is 12.7. The molecule has 2 atom stereocenters. The third-order valence-corrected chi connectivity index (χ3v) is 5.44. The fraction of sp³-hybridized carbons (Fsp3) is 0.368. The molecular weight excluding hydrogens is 336 g/mol. The second kappa shape index (κ2) is 7.80. The molecule has 6 heteroatoms. The average Bonchev–Trinajstić information content (AvgIpc) is 3.11. The number of thiophene rings is 1. The van der Waals surface area contributed by atoms with Gasteiger partial charge in [0.05, 0.1) is 6.04 Å². The molecule has 0 radical (unpaired) electrons. The van der Waals surface area contributed by atoms with Gasteiger partial charge in [-0.05, 0) is 35.9 Å². The highest BCUT2D eigenvalue weighted by Gasteiger charge is 2.40. The van der Waals surface area contributed by atoms with Crippen molar-refractivity contribution in [3.05, 3.63) is 57.8 Å². The van der Waals surface area contributed by atoms with Crippen LogP contribution in [0.1, 0.15) is 22.0 Å². The van der Waals surface area contributed by atoms with Crippen LogP contribution in [0.2, 0.25) is 0 Å². The van der Waals surface area contributed by atoms with E-state index in [4.69, 9.17) is 4.74 Å². The molecule has 1 fully saturated rings. The minimum atomic E-state index is -0.702. The minimum Gasteiger partial charge on any atom is -0.356 e. The predicted molar refractivity (Wildman–Crippen MR) is 97.5 cm³/mol. The van der Waals surface area contributed by atoms with Gasteiger partial charge in [-0.3, -0.25) is 9.59 Å². The smallest absolute Gasteiger partial charge is 0.251 e. The first-order chi connectivity index (χ1) is 12.1. The second-order valence-electron chi connectivity index (χ2n) is 6.16. The second-order valence-corrected chi connectivity index (χ2v) is 7.19. The van der Waals surface area contributed by atoms with Gasteiger partial charge in [0.1, 0.15) is 6.61 Å². The van der Waals surface area contributed by atoms with E-state index in [1.807, 2.05) is 42.6 Å². The number of carbonyl (C=O) groups excluding carboxylic acids is 2. The molecule has 0 spiro atoms. The van der Waals surface area contributed by atoms with Crippen LogP contribution in [0.25, 0.3) is 0 Å². The van der Waals surface area contributed by atoms with Crippen molar-refractivity contribution in [1.82, 2.24) is 10.2 Å². The molecule has 0 aliphatic carbocycles. The summed E-state index contributed by atoms with van der Waals surface area (Å²) in [4.78, 5) is 27.7. The Morgan fingerprint density at radius 1 is 1.32 bits per heavy atom. The standard InChI is InChI=1S/C19H22N2O3S/c1-13-6-3-4-8-15(13)17-18(24-12-16(22)21(17)2)19(23)20-10-9-14-7-5-11-25-14/h3-8,11,17-18H,9-10,12H2,1-2H3,(H,20,23). The summed E-state index contributed by atoms with van der Waals surface area (Å²) in [5, 5.41) is 4.97. The van der Waals surface area contributed by atoms with E-state index >= 15 is 0 Å². The number of hydrogen-bond acceptors (Lipinski definition) is 4. The summed E-state index contributed by atoms with van der Waals surface area (Å²) < 4.78 is 5.63. The molecule has 1 aromatic carbocycles. The molecular formula is C19H22N2O3S. The maximum atomic E-state index is 12.7. The predicted octanol–water partition coefficient (Wildman–Crippen LogP) is 2.31. The summed E-state index contributed by atoms with van der Waals surface area (Å²) in [6.45, 7) is 2.47. The summed E-state index contributed by atoms with van der Waals surface area (Å²) in [7, 11) is 1.73. The van der Waals surface area contributed by atoms with Gasteiger partial charge in [-0.1, -0.05) is 30.3 Å². The van der Waals surface area contributed by atoms with Crippen LogP contribution in [-0.2, 0) is 20.7 Å². The first-order valence-corrected chi connectivity index (χ1v) is 9.19. The van der Waals surface area contributed by atoms with Crippen molar-refractivity contribution in [3.8, 4) is 0 Å². The van der Waals surface area contributed by atoms with Crippen molar-refractivity contribution in [1.29, 1.82) is 0 Å². The number of rotatable bonds is 5. The van der Waals surface area contributed by atoms with Gasteiger partial charge in [-0.25, -0.2) is 0 Å². The Morgan fingerprint density at radius 2 is 2.12 bits per heavy atom. The summed E-state index contributed by atoms with van der Waals surface area (Å²) in [5.74, 6) is -0.292. The number of amides is 2. The molecule has 5 nitrogen and oxygen atoms in total. The fourth-order valence-corrected chi connectivity index (χ4v) is 3.79. The minimum absolute atomic E-state index is 0.0676. The fourth-order valence-electron chi connectivity index (χ4n) is 3.09. The summed E-state index contributed by atoms with van der Waals surface area (Å²) in [6.07, 6.45) is 0.0899. The third kappa shape index (κ3) is 3.91. The van der Waals surface area contributed by atoms with Gasteiger partial charge < -0.3 is 15.0 Å². The van der Waals surface area contributed by atoms with Crippen molar-refractivity contribution >= 4 is 23.2 Å². The lowest BCUT2D eigenvalue weighted by Crippen LogP contribution is -2.53. The van der Waals surface area contributed by atoms with Gasteiger partial charge in [0, 0.05) is 18.5 Å². The Kier molecular flexibility index (Phi) is 5.50. The Balaban J connectivity index is 1.74. The van der Waals surface area contributed by atoms with Crippen molar-refractivity contribution in [2.45, 2.75) is 25.5 Å². The zero-order chi connectivity index (χ0) is 17.8. The highest BCUT2D eigenvalue weighted by atomic mass is 32.1. The Bertz CT molecular complexity index is 745. The Hall–Kier alpha value is -2.18. The van der Waals surface area contributed by atoms with E-state index in [0.29, 0.717) is 6.54 Å². The van der Waals surface area contributed by atoms with Gasteiger partial charge in [0.15, 0.2) is 6.10 Å². The number of nitrogens with zero attached hydrogens (tertiary/aromatic N) is 1. The number of aryl methyl sites for hydroxylation is 1. The van der Waals surface area contributed by atoms with E-state index in [1.54, 1.807) is 23.3 Å². The Morgan fingerprint density at radius 3 is 2.84 bits per heavy atom. The number of hydrogen-bond donors (Lipinski definition) is 1. The van der Waals surface area contributed by atoms with Gasteiger partial charge in [-0.15, -0.1) is 11.3 Å². The lowest BCUT2D eigenvalue weighted by atomic mass is 9.94. The van der Waals surface area contributed by atoms with Crippen molar-refractivity contribution in [2.75, 3.05) is 20.2 Å². The van der Waals surface area contributed by atoms with Gasteiger partial charge in [-0.2, -0.15) is 0 Å². The quantitative estimate of drug-likeness (QED) is 0.892. The van der Waals surface area contributed by atoms with E-state index in [1.165, 1.54) is 4.88 Å². The van der Waals surface area contributed by atoms with Gasteiger partial charge in [0.25, 0.3) is 5.91 Å². The van der Waals surface area contributed by atoms with Crippen LogP contribution in [0.5, 0.6) is 0 Å². The monoisotopic (exact) mass is 358 g/mol. The molecule has 1 N–H and O–H groups in total. The molecule has 2 heterocycles. The van der Waals surface area contributed by atoms with Crippen LogP contribution in [0.4, 0.5) is 0 Å². The molecule has 25 heavy (non-hydrogen) atoms. The van der Waals surface area contributed by atoms with Crippen molar-refractivity contribution in [2.24, 2.45) is 0 Å². The van der Waals surface area contributed by atoms with Crippen LogP contribution < -0.4 is 5.32 Å². The van der Waals surface area contributed by atoms with E-state index in [0.717, 1.165) is 17.5 Å². The molecule has 1 aliphatic heterocycles. The van der Waals surface area contributed by atoms with Gasteiger partial charge >= 0.3 is 0 Å². The summed E-state index contributed by atoms with van der Waals surface area (Å²) in [5.41, 5.74) is 1.98. The van der Waals surface area contributed by atoms with E-state index in [2.05, 4.69) is 11.4 Å². The molecule has 0 bridgehead atoms. The molecule has 1 aliphatic rings. The molecule has 3 rings (SSSR count). The molecule has 1 aromatic heterocycles. The molecule has 2 unspecified atom stereocenters. The largest absolute Gasteiger partial charge is 0.356 e. The van der Waals surface area contributed by atoms with Crippen LogP contribution in [0.3, 0.4) is 0 Å². The number of ether oxygens (including phenoxy) is 1. The number of benzene rings is 1. The number of nitrogens with one attached hydrogen (secondary N) is 1. The SMILES string of the molecule is Cc1ccccc1C1C(C(=O)NCCc2cccs2)OCC(=O)N1C. The van der Waals surface area contributed by atoms with Crippen molar-refractivity contribution in [3.63, 3.8) is 0 Å². The molecule has 0 saturated carbocycles. The summed E-state index contributed by atoms with van der Waals surface area (Å²) in [6, 6.07) is 11.4. The lowest BCUT2D eigenvalue weighted by Gasteiger charge is -2.38. The number of carbonyl (C=O) groups is 2. The summed E-state index contributed by atoms with van der Waals surface area (Å²) >= 11 is 1.67. The maximum Gasteiger partial charge on any atom is 0.251 e. The first kappa shape index (κ1) is 17.6. The Labute approximate surface area is 151 Å². The normalized spacial score (nSPS) is 20.6. The molecule has 132 valence electrons. The average molecular weight is 358 g/mol. The highest BCUT2D eigenvalue weighted by molar-refractivity contribution is 7.09. The first-order valence-electron chi connectivity index (χ1n) is 8.31. The van der Waals surface area contributed by atoms with Crippen LogP contribution in [0.15, 0.2) is 41.8 Å². The van der Waals surface area contributed by atoms with Crippen LogP contribution >= 0.6 is 11.3 Å². The number of morpholine rings is 1. The zero-order valence-corrected chi connectivity index (χ0v) is 15.2. The van der Waals surface area contributed by atoms with Crippen LogP contribution in [0, 0.1) is 6.92 Å². The van der Waals surface area contributed by atoms with E-state index < -0.39 is 12.1 Å². The molecule has 2 aromatic rings. The third-order valence-electron chi connectivity index (χ3n) is 4.50. The van der Waals surface area contributed by atoms with Gasteiger partial charge in [0.2, 0.25) is 5.91 Å². The van der Waals surface area contributed by atoms with Crippen molar-refractivity contribution < 1.29 is 14.3 Å². The number of likely N-dealkylation sites (N-methyl/N-ethyl adjacent to an activating group) is 1. The lowest BCUT2D eigenvalue weighted by molar-refractivity contribution is -0.162. The van der Waals surface area contributed by atoms with E-state index in [9.17, 15) is 9.59 Å². The zero-order valence-electron chi connectivity index (χ0n) is 14.4. The molecule has 2 amide bonds. The topological polar surface area (TPSA) is 58.6 Å². The molecule has 1 saturated heterocycles. The van der Waals surface area contributed by atoms with Crippen LogP contribution in [-0.4, -0.2) is 43.0 Å².